The molecular weight excluding hydrogens is 545 g/mol. The number of carbonyl (C=O) groups is 2. The summed E-state index contributed by atoms with van der Waals surface area (Å²) in [5.41, 5.74) is 0.752. The van der Waals surface area contributed by atoms with Crippen LogP contribution in [0.1, 0.15) is 12.5 Å². The van der Waals surface area contributed by atoms with Crippen LogP contribution in [0.15, 0.2) is 77.7 Å². The van der Waals surface area contributed by atoms with Crippen molar-refractivity contribution in [3.8, 4) is 0 Å². The highest BCUT2D eigenvalue weighted by Crippen LogP contribution is 2.35. The Morgan fingerprint density at radius 3 is 2.17 bits per heavy atom. The Hall–Kier alpha value is -2.78. The number of hydrogen-bond donors (Lipinski definition) is 1. The lowest BCUT2D eigenvalue weighted by molar-refractivity contribution is -0.139. The Morgan fingerprint density at radius 2 is 1.56 bits per heavy atom. The van der Waals surface area contributed by atoms with Gasteiger partial charge in [-0.25, -0.2) is 8.42 Å². The van der Waals surface area contributed by atoms with Gasteiger partial charge in [-0.1, -0.05) is 71.2 Å². The van der Waals surface area contributed by atoms with Gasteiger partial charge < -0.3 is 10.2 Å². The maximum atomic E-state index is 13.7. The van der Waals surface area contributed by atoms with Crippen molar-refractivity contribution in [1.82, 2.24) is 10.2 Å². The molecule has 0 fully saturated rings. The average Bonchev–Trinajstić information content (AvgIpc) is 2.88. The molecule has 0 aromatic heterocycles. The molecule has 0 saturated carbocycles. The summed E-state index contributed by atoms with van der Waals surface area (Å²) in [6.45, 7) is 0.994. The average molecular weight is 569 g/mol. The van der Waals surface area contributed by atoms with Gasteiger partial charge in [0, 0.05) is 18.6 Å². The van der Waals surface area contributed by atoms with Crippen molar-refractivity contribution in [3.63, 3.8) is 0 Å². The number of carbonyl (C=O) groups excluding carboxylic acids is 2. The van der Waals surface area contributed by atoms with Crippen LogP contribution in [0.5, 0.6) is 0 Å². The number of likely N-dealkylation sites (N-methyl/N-ethyl adjacent to an activating group) is 1. The van der Waals surface area contributed by atoms with Gasteiger partial charge in [-0.2, -0.15) is 0 Å². The molecule has 36 heavy (non-hydrogen) atoms. The lowest BCUT2D eigenvalue weighted by Crippen LogP contribution is -2.50. The number of anilines is 1. The highest BCUT2D eigenvalue weighted by atomic mass is 35.5. The molecular formula is C25H24Cl3N3O4S. The largest absolute Gasteiger partial charge is 0.357 e. The summed E-state index contributed by atoms with van der Waals surface area (Å²) in [7, 11) is -2.77. The predicted octanol–water partition coefficient (Wildman–Crippen LogP) is 5.01. The number of benzene rings is 3. The van der Waals surface area contributed by atoms with E-state index in [1.165, 1.54) is 36.2 Å². The molecule has 0 saturated heterocycles. The molecule has 0 aliphatic rings. The van der Waals surface area contributed by atoms with Crippen molar-refractivity contribution < 1.29 is 18.0 Å². The summed E-state index contributed by atoms with van der Waals surface area (Å²) in [6, 6.07) is 18.1. The SMILES string of the molecule is CNC(=O)[C@@H](C)N(Cc1ccc(Cl)cc1)C(=O)CN(c1cccc(Cl)c1Cl)S(=O)(=O)c1ccccc1. The Balaban J connectivity index is 2.06. The fraction of sp³-hybridized carbons (Fsp3) is 0.200. The molecule has 0 unspecified atom stereocenters. The lowest BCUT2D eigenvalue weighted by atomic mass is 10.1. The standard InChI is InChI=1S/C25H24Cl3N3O4S/c1-17(25(33)29-2)30(15-18-11-13-19(26)14-12-18)23(32)16-31(22-10-6-9-21(27)24(22)28)36(34,35)20-7-4-3-5-8-20/h3-14,17H,15-16H2,1-2H3,(H,29,33)/t17-/m1/s1. The second kappa shape index (κ2) is 12.0. The van der Waals surface area contributed by atoms with Crippen LogP contribution in [0.3, 0.4) is 0 Å². The maximum absolute atomic E-state index is 13.7. The monoisotopic (exact) mass is 567 g/mol. The molecule has 0 spiro atoms. The van der Waals surface area contributed by atoms with E-state index in [2.05, 4.69) is 5.32 Å². The Morgan fingerprint density at radius 1 is 0.917 bits per heavy atom. The van der Waals surface area contributed by atoms with E-state index in [0.717, 1.165) is 4.31 Å². The first-order valence-electron chi connectivity index (χ1n) is 10.8. The van der Waals surface area contributed by atoms with Gasteiger partial charge in [0.2, 0.25) is 11.8 Å². The fourth-order valence-electron chi connectivity index (χ4n) is 3.50. The van der Waals surface area contributed by atoms with Crippen molar-refractivity contribution in [2.75, 3.05) is 17.9 Å². The Labute approximate surface area is 225 Å². The zero-order valence-corrected chi connectivity index (χ0v) is 22.6. The fourth-order valence-corrected chi connectivity index (χ4v) is 5.52. The van der Waals surface area contributed by atoms with Crippen LogP contribution in [-0.4, -0.2) is 44.8 Å². The number of hydrogen-bond acceptors (Lipinski definition) is 4. The molecule has 0 aliphatic carbocycles. The van der Waals surface area contributed by atoms with E-state index in [1.54, 1.807) is 55.5 Å². The number of amides is 2. The topological polar surface area (TPSA) is 86.8 Å². The highest BCUT2D eigenvalue weighted by Gasteiger charge is 2.33. The molecule has 1 N–H and O–H groups in total. The molecule has 0 radical (unpaired) electrons. The number of sulfonamides is 1. The zero-order valence-electron chi connectivity index (χ0n) is 19.5. The summed E-state index contributed by atoms with van der Waals surface area (Å²) in [5.74, 6) is -1.02. The van der Waals surface area contributed by atoms with Gasteiger partial charge in [-0.15, -0.1) is 0 Å². The summed E-state index contributed by atoms with van der Waals surface area (Å²) in [4.78, 5) is 27.4. The van der Waals surface area contributed by atoms with Crippen LogP contribution in [0.2, 0.25) is 15.1 Å². The van der Waals surface area contributed by atoms with Gasteiger partial charge in [0.15, 0.2) is 0 Å². The lowest BCUT2D eigenvalue weighted by Gasteiger charge is -2.32. The van der Waals surface area contributed by atoms with E-state index in [0.29, 0.717) is 10.6 Å². The van der Waals surface area contributed by atoms with Crippen molar-refractivity contribution in [3.05, 3.63) is 93.4 Å². The molecule has 2 amide bonds. The van der Waals surface area contributed by atoms with Gasteiger partial charge in [0.1, 0.15) is 12.6 Å². The minimum absolute atomic E-state index is 0.0185. The molecule has 3 aromatic rings. The van der Waals surface area contributed by atoms with Crippen molar-refractivity contribution in [1.29, 1.82) is 0 Å². The van der Waals surface area contributed by atoms with Crippen molar-refractivity contribution in [2.45, 2.75) is 24.4 Å². The third kappa shape index (κ3) is 6.31. The smallest absolute Gasteiger partial charge is 0.264 e. The van der Waals surface area contributed by atoms with Gasteiger partial charge in [0.25, 0.3) is 10.0 Å². The van der Waals surface area contributed by atoms with Crippen LogP contribution in [0.4, 0.5) is 5.69 Å². The normalized spacial score (nSPS) is 12.0. The van der Waals surface area contributed by atoms with E-state index in [1.807, 2.05) is 0 Å². The Bertz CT molecular complexity index is 1340. The second-order valence-corrected chi connectivity index (χ2v) is 10.9. The summed E-state index contributed by atoms with van der Waals surface area (Å²) in [5, 5.41) is 3.16. The van der Waals surface area contributed by atoms with E-state index in [4.69, 9.17) is 34.8 Å². The summed E-state index contributed by atoms with van der Waals surface area (Å²) < 4.78 is 28.2. The van der Waals surface area contributed by atoms with E-state index in [9.17, 15) is 18.0 Å². The first kappa shape index (κ1) is 27.8. The van der Waals surface area contributed by atoms with E-state index < -0.39 is 34.4 Å². The summed E-state index contributed by atoms with van der Waals surface area (Å²) >= 11 is 18.5. The molecule has 0 bridgehead atoms. The zero-order chi connectivity index (χ0) is 26.5. The minimum Gasteiger partial charge on any atom is -0.357 e. The van der Waals surface area contributed by atoms with Crippen LogP contribution >= 0.6 is 34.8 Å². The molecule has 7 nitrogen and oxygen atoms in total. The molecule has 3 rings (SSSR count). The highest BCUT2D eigenvalue weighted by molar-refractivity contribution is 7.92. The molecule has 11 heteroatoms. The maximum Gasteiger partial charge on any atom is 0.264 e. The predicted molar refractivity (Wildman–Crippen MR) is 143 cm³/mol. The van der Waals surface area contributed by atoms with Crippen LogP contribution < -0.4 is 9.62 Å². The second-order valence-electron chi connectivity index (χ2n) is 7.84. The third-order valence-corrected chi connectivity index (χ3v) is 8.32. The number of halogens is 3. The number of rotatable bonds is 9. The first-order chi connectivity index (χ1) is 17.1. The van der Waals surface area contributed by atoms with Gasteiger partial charge >= 0.3 is 0 Å². The minimum atomic E-state index is -4.23. The van der Waals surface area contributed by atoms with Crippen molar-refractivity contribution in [2.24, 2.45) is 0 Å². The molecule has 0 heterocycles. The quantitative estimate of drug-likeness (QED) is 0.393. The Kier molecular flexibility index (Phi) is 9.24. The van der Waals surface area contributed by atoms with Gasteiger partial charge in [-0.3, -0.25) is 13.9 Å². The molecule has 1 atom stereocenters. The van der Waals surface area contributed by atoms with Gasteiger partial charge in [-0.05, 0) is 48.9 Å². The van der Waals surface area contributed by atoms with E-state index in [-0.39, 0.29) is 27.2 Å². The first-order valence-corrected chi connectivity index (χ1v) is 13.4. The molecule has 190 valence electrons. The van der Waals surface area contributed by atoms with Crippen LogP contribution in [0, 0.1) is 0 Å². The molecule has 0 aliphatic heterocycles. The summed E-state index contributed by atoms with van der Waals surface area (Å²) in [6.07, 6.45) is 0. The number of nitrogens with zero attached hydrogens (tertiary/aromatic N) is 2. The molecule has 3 aromatic carbocycles. The van der Waals surface area contributed by atoms with Crippen LogP contribution in [0.25, 0.3) is 0 Å². The van der Waals surface area contributed by atoms with Gasteiger partial charge in [0.05, 0.1) is 20.6 Å². The van der Waals surface area contributed by atoms with Crippen LogP contribution in [-0.2, 0) is 26.2 Å². The van der Waals surface area contributed by atoms with Crippen molar-refractivity contribution >= 4 is 62.3 Å². The number of nitrogens with one attached hydrogen (secondary N) is 1. The third-order valence-electron chi connectivity index (χ3n) is 5.49. The van der Waals surface area contributed by atoms with E-state index >= 15 is 0 Å².